The van der Waals surface area contributed by atoms with E-state index in [9.17, 15) is 22.4 Å². The standard InChI is InChI=1S/C19H18ClF4N3O/c1-3-15(20)17(25-4-2)12-7-9-27(10-8-12)18(28)26-13-5-6-14(16(21)11-13)19(22,23)24/h3-7,11H,2,8-10H2,1H3,(H,26,28)/b15-3+,25-17?. The summed E-state index contributed by atoms with van der Waals surface area (Å²) in [7, 11) is 0. The maximum Gasteiger partial charge on any atom is 0.419 e. The van der Waals surface area contributed by atoms with Crippen LogP contribution in [0.4, 0.5) is 28.0 Å². The zero-order chi connectivity index (χ0) is 20.9. The van der Waals surface area contributed by atoms with Gasteiger partial charge in [0.1, 0.15) is 5.82 Å². The molecular weight excluding hydrogens is 398 g/mol. The summed E-state index contributed by atoms with van der Waals surface area (Å²) in [5, 5.41) is 2.86. The fraction of sp³-hybridized carbons (Fsp3) is 0.263. The lowest BCUT2D eigenvalue weighted by molar-refractivity contribution is -0.139. The normalized spacial score (nSPS) is 15.9. The van der Waals surface area contributed by atoms with Crippen molar-refractivity contribution in [2.45, 2.75) is 19.5 Å². The molecule has 1 N–H and O–H groups in total. The molecule has 0 saturated heterocycles. The van der Waals surface area contributed by atoms with Crippen LogP contribution < -0.4 is 5.32 Å². The molecule has 0 atom stereocenters. The number of carbonyl (C=O) groups excluding carboxylic acids is 1. The van der Waals surface area contributed by atoms with Gasteiger partial charge in [0.25, 0.3) is 0 Å². The molecular formula is C19H18ClF4N3O. The minimum absolute atomic E-state index is 0.0591. The van der Waals surface area contributed by atoms with Crippen LogP contribution in [0.2, 0.25) is 0 Å². The molecule has 0 spiro atoms. The Balaban J connectivity index is 2.08. The Kier molecular flexibility index (Phi) is 7.01. The van der Waals surface area contributed by atoms with Gasteiger partial charge in [-0.15, -0.1) is 0 Å². The average Bonchev–Trinajstić information content (AvgIpc) is 2.64. The highest BCUT2D eigenvalue weighted by Gasteiger charge is 2.34. The average molecular weight is 416 g/mol. The monoisotopic (exact) mass is 415 g/mol. The molecule has 1 aromatic rings. The van der Waals surface area contributed by atoms with Crippen molar-refractivity contribution in [2.75, 3.05) is 18.4 Å². The fourth-order valence-electron chi connectivity index (χ4n) is 2.62. The third kappa shape index (κ3) is 5.22. The molecule has 4 nitrogen and oxygen atoms in total. The number of anilines is 1. The molecule has 0 radical (unpaired) electrons. The van der Waals surface area contributed by atoms with E-state index in [-0.39, 0.29) is 12.2 Å². The van der Waals surface area contributed by atoms with Crippen LogP contribution in [0, 0.1) is 5.82 Å². The van der Waals surface area contributed by atoms with Gasteiger partial charge in [0, 0.05) is 25.0 Å². The Bertz CT molecular complexity index is 859. The molecule has 28 heavy (non-hydrogen) atoms. The molecule has 0 unspecified atom stereocenters. The molecule has 1 aliphatic rings. The highest BCUT2D eigenvalue weighted by atomic mass is 35.5. The first kappa shape index (κ1) is 21.7. The molecule has 0 bridgehead atoms. The van der Waals surface area contributed by atoms with E-state index in [2.05, 4.69) is 16.9 Å². The van der Waals surface area contributed by atoms with Crippen molar-refractivity contribution in [1.82, 2.24) is 4.90 Å². The van der Waals surface area contributed by atoms with Gasteiger partial charge in [-0.1, -0.05) is 30.3 Å². The van der Waals surface area contributed by atoms with E-state index >= 15 is 0 Å². The molecule has 9 heteroatoms. The van der Waals surface area contributed by atoms with Crippen molar-refractivity contribution >= 4 is 29.0 Å². The van der Waals surface area contributed by atoms with Crippen molar-refractivity contribution in [3.63, 3.8) is 0 Å². The van der Waals surface area contributed by atoms with Gasteiger partial charge in [-0.2, -0.15) is 13.2 Å². The number of allylic oxidation sites excluding steroid dienone is 2. The number of nitrogens with zero attached hydrogens (tertiary/aromatic N) is 2. The molecule has 0 aliphatic carbocycles. The fourth-order valence-corrected chi connectivity index (χ4v) is 2.79. The van der Waals surface area contributed by atoms with Crippen molar-refractivity contribution in [3.8, 4) is 0 Å². The summed E-state index contributed by atoms with van der Waals surface area (Å²) < 4.78 is 51.4. The lowest BCUT2D eigenvalue weighted by atomic mass is 10.0. The van der Waals surface area contributed by atoms with Crippen LogP contribution >= 0.6 is 11.6 Å². The third-order valence-electron chi connectivity index (χ3n) is 4.03. The first-order chi connectivity index (χ1) is 13.2. The topological polar surface area (TPSA) is 44.7 Å². The minimum Gasteiger partial charge on any atom is -0.320 e. The molecule has 1 aliphatic heterocycles. The zero-order valence-corrected chi connectivity index (χ0v) is 15.7. The molecule has 1 heterocycles. The summed E-state index contributed by atoms with van der Waals surface area (Å²) in [4.78, 5) is 17.9. The molecule has 2 rings (SSSR count). The second-order valence-electron chi connectivity index (χ2n) is 5.84. The summed E-state index contributed by atoms with van der Waals surface area (Å²) in [5.41, 5.74) is -0.0151. The summed E-state index contributed by atoms with van der Waals surface area (Å²) >= 11 is 6.14. The molecule has 150 valence electrons. The van der Waals surface area contributed by atoms with Crippen LogP contribution in [0.5, 0.6) is 0 Å². The molecule has 1 aromatic carbocycles. The Morgan fingerprint density at radius 1 is 1.39 bits per heavy atom. The lowest BCUT2D eigenvalue weighted by Crippen LogP contribution is -2.38. The Hall–Kier alpha value is -2.61. The first-order valence-electron chi connectivity index (χ1n) is 8.30. The van der Waals surface area contributed by atoms with Crippen molar-refractivity contribution in [2.24, 2.45) is 4.99 Å². The molecule has 0 aromatic heterocycles. The lowest BCUT2D eigenvalue weighted by Gasteiger charge is -2.27. The Morgan fingerprint density at radius 2 is 2.11 bits per heavy atom. The van der Waals surface area contributed by atoms with E-state index in [4.69, 9.17) is 11.6 Å². The highest BCUT2D eigenvalue weighted by Crippen LogP contribution is 2.32. The molecule has 0 saturated carbocycles. The minimum atomic E-state index is -4.79. The van der Waals surface area contributed by atoms with Crippen LogP contribution in [-0.2, 0) is 6.18 Å². The van der Waals surface area contributed by atoms with Gasteiger partial charge in [0.15, 0.2) is 0 Å². The van der Waals surface area contributed by atoms with E-state index in [1.807, 2.05) is 0 Å². The number of hydrogen-bond donors (Lipinski definition) is 1. The highest BCUT2D eigenvalue weighted by molar-refractivity contribution is 6.46. The summed E-state index contributed by atoms with van der Waals surface area (Å²) in [6.45, 7) is 5.91. The van der Waals surface area contributed by atoms with Gasteiger partial charge in [-0.3, -0.25) is 4.99 Å². The first-order valence-corrected chi connectivity index (χ1v) is 8.68. The number of carbonyl (C=O) groups is 1. The van der Waals surface area contributed by atoms with Gasteiger partial charge in [0.2, 0.25) is 0 Å². The zero-order valence-electron chi connectivity index (χ0n) is 15.0. The van der Waals surface area contributed by atoms with Crippen molar-refractivity contribution in [1.29, 1.82) is 0 Å². The van der Waals surface area contributed by atoms with Gasteiger partial charge < -0.3 is 10.2 Å². The predicted octanol–water partition coefficient (Wildman–Crippen LogP) is 5.74. The van der Waals surface area contributed by atoms with Gasteiger partial charge in [-0.05, 0) is 37.1 Å². The number of rotatable bonds is 4. The second kappa shape index (κ2) is 9.05. The van der Waals surface area contributed by atoms with Gasteiger partial charge in [0.05, 0.1) is 16.3 Å². The predicted molar refractivity (Wildman–Crippen MR) is 102 cm³/mol. The maximum absolute atomic E-state index is 13.6. The maximum atomic E-state index is 13.6. The SMILES string of the molecule is C=CN=C(C1=CCN(C(=O)Nc2ccc(C(F)(F)F)c(F)c2)CC1)/C(Cl)=C\C. The second-order valence-corrected chi connectivity index (χ2v) is 6.25. The van der Waals surface area contributed by atoms with Crippen LogP contribution in [0.3, 0.4) is 0 Å². The van der Waals surface area contributed by atoms with E-state index in [0.717, 1.165) is 11.6 Å². The van der Waals surface area contributed by atoms with Crippen molar-refractivity contribution in [3.05, 3.63) is 65.1 Å². The number of amides is 2. The number of hydrogen-bond acceptors (Lipinski definition) is 2. The quantitative estimate of drug-likeness (QED) is 0.495. The third-order valence-corrected chi connectivity index (χ3v) is 4.42. The largest absolute Gasteiger partial charge is 0.419 e. The number of alkyl halides is 3. The van der Waals surface area contributed by atoms with Crippen LogP contribution in [-0.4, -0.2) is 29.7 Å². The van der Waals surface area contributed by atoms with Crippen molar-refractivity contribution < 1.29 is 22.4 Å². The number of nitrogens with one attached hydrogen (secondary N) is 1. The van der Waals surface area contributed by atoms with Crippen LogP contribution in [0.1, 0.15) is 18.9 Å². The number of halogens is 5. The summed E-state index contributed by atoms with van der Waals surface area (Å²) in [6.07, 6.45) is 0.541. The smallest absolute Gasteiger partial charge is 0.320 e. The van der Waals surface area contributed by atoms with Crippen LogP contribution in [0.25, 0.3) is 0 Å². The van der Waals surface area contributed by atoms with E-state index in [1.54, 1.807) is 19.1 Å². The summed E-state index contributed by atoms with van der Waals surface area (Å²) in [6, 6.07) is 1.70. The summed E-state index contributed by atoms with van der Waals surface area (Å²) in [5.74, 6) is -1.45. The van der Waals surface area contributed by atoms with Crippen LogP contribution in [0.15, 0.2) is 58.7 Å². The van der Waals surface area contributed by atoms with Gasteiger partial charge in [-0.25, -0.2) is 9.18 Å². The molecule has 2 amide bonds. The van der Waals surface area contributed by atoms with E-state index < -0.39 is 23.6 Å². The molecule has 0 fully saturated rings. The van der Waals surface area contributed by atoms with E-state index in [1.165, 1.54) is 11.1 Å². The Morgan fingerprint density at radius 3 is 2.61 bits per heavy atom. The van der Waals surface area contributed by atoms with E-state index in [0.29, 0.717) is 35.8 Å². The van der Waals surface area contributed by atoms with Gasteiger partial charge >= 0.3 is 12.2 Å². The Labute approximate surface area is 164 Å². The number of aliphatic imine (C=N–C) groups is 1. The number of urea groups is 1. The number of benzene rings is 1.